The normalized spacial score (nSPS) is 18.9. The molecule has 3 N–H and O–H groups in total. The van der Waals surface area contributed by atoms with Gasteiger partial charge in [0.1, 0.15) is 0 Å². The molecule has 0 aliphatic carbocycles. The molecule has 2 heterocycles. The van der Waals surface area contributed by atoms with Gasteiger partial charge in [-0.1, -0.05) is 13.3 Å². The number of nitrogens with zero attached hydrogens (tertiary/aromatic N) is 4. The summed E-state index contributed by atoms with van der Waals surface area (Å²) in [6.07, 6.45) is 5.94. The number of anilines is 2. The molecule has 112 valence electrons. The van der Waals surface area contributed by atoms with E-state index in [0.717, 1.165) is 19.4 Å². The second kappa shape index (κ2) is 7.23. The van der Waals surface area contributed by atoms with Crippen LogP contribution in [0.1, 0.15) is 46.0 Å². The predicted octanol–water partition coefficient (Wildman–Crippen LogP) is 1.71. The Balaban J connectivity index is 2.26. The first kappa shape index (κ1) is 14.8. The van der Waals surface area contributed by atoms with Crippen molar-refractivity contribution in [3.05, 3.63) is 0 Å². The molecule has 1 aromatic rings. The highest BCUT2D eigenvalue weighted by atomic mass is 16.5. The molecule has 1 aliphatic heterocycles. The van der Waals surface area contributed by atoms with E-state index in [4.69, 9.17) is 10.6 Å². The molecule has 20 heavy (non-hydrogen) atoms. The molecule has 7 heteroatoms. The number of nitrogens with one attached hydrogen (secondary N) is 1. The number of ether oxygens (including phenoxy) is 1. The first-order chi connectivity index (χ1) is 9.78. The van der Waals surface area contributed by atoms with Crippen LogP contribution in [0.2, 0.25) is 0 Å². The van der Waals surface area contributed by atoms with Crippen LogP contribution >= 0.6 is 0 Å². The number of nitrogens with two attached hydrogens (primary N) is 1. The number of hydrazine groups is 1. The Bertz CT molecular complexity index is 425. The van der Waals surface area contributed by atoms with Crippen molar-refractivity contribution in [3.8, 4) is 6.01 Å². The highest BCUT2D eigenvalue weighted by molar-refractivity contribution is 5.39. The third-order valence-electron chi connectivity index (χ3n) is 3.51. The fourth-order valence-corrected chi connectivity index (χ4v) is 2.63. The van der Waals surface area contributed by atoms with Crippen LogP contribution in [-0.2, 0) is 0 Å². The Morgan fingerprint density at radius 3 is 2.85 bits per heavy atom. The predicted molar refractivity (Wildman–Crippen MR) is 78.7 cm³/mol. The summed E-state index contributed by atoms with van der Waals surface area (Å²) in [5, 5.41) is 0. The minimum atomic E-state index is 0.325. The molecule has 0 radical (unpaired) electrons. The number of hydrogen-bond acceptors (Lipinski definition) is 7. The van der Waals surface area contributed by atoms with Gasteiger partial charge in [0.05, 0.1) is 6.61 Å². The maximum Gasteiger partial charge on any atom is 0.323 e. The van der Waals surface area contributed by atoms with Gasteiger partial charge in [0.2, 0.25) is 11.9 Å². The van der Waals surface area contributed by atoms with Crippen molar-refractivity contribution in [1.29, 1.82) is 0 Å². The smallest absolute Gasteiger partial charge is 0.323 e. The van der Waals surface area contributed by atoms with Gasteiger partial charge in [-0.2, -0.15) is 15.0 Å². The van der Waals surface area contributed by atoms with Gasteiger partial charge in [0.25, 0.3) is 0 Å². The molecule has 2 rings (SSSR count). The standard InChI is InChI=1S/C13H24N6O/c1-3-7-10-8-5-6-9-19(10)12-15-11(18-14)16-13(17-12)20-4-2/h10H,3-9,14H2,1-2H3,(H,15,16,17,18). The average Bonchev–Trinajstić information content (AvgIpc) is 2.48. The van der Waals surface area contributed by atoms with Crippen molar-refractivity contribution in [1.82, 2.24) is 15.0 Å². The Labute approximate surface area is 119 Å². The lowest BCUT2D eigenvalue weighted by molar-refractivity contribution is 0.311. The summed E-state index contributed by atoms with van der Waals surface area (Å²) in [6, 6.07) is 0.822. The second-order valence-electron chi connectivity index (χ2n) is 4.95. The van der Waals surface area contributed by atoms with E-state index >= 15 is 0 Å². The fourth-order valence-electron chi connectivity index (χ4n) is 2.63. The highest BCUT2D eigenvalue weighted by Gasteiger charge is 2.25. The lowest BCUT2D eigenvalue weighted by Crippen LogP contribution is -2.40. The van der Waals surface area contributed by atoms with Crippen LogP contribution in [-0.4, -0.2) is 34.1 Å². The molecule has 1 aliphatic rings. The van der Waals surface area contributed by atoms with Crippen LogP contribution in [0.15, 0.2) is 0 Å². The minimum Gasteiger partial charge on any atom is -0.464 e. The van der Waals surface area contributed by atoms with Crippen LogP contribution < -0.4 is 20.9 Å². The second-order valence-corrected chi connectivity index (χ2v) is 4.95. The lowest BCUT2D eigenvalue weighted by atomic mass is 9.99. The zero-order valence-electron chi connectivity index (χ0n) is 12.3. The number of rotatable bonds is 6. The number of piperidine rings is 1. The Kier molecular flexibility index (Phi) is 5.34. The van der Waals surface area contributed by atoms with E-state index in [9.17, 15) is 0 Å². The summed E-state index contributed by atoms with van der Waals surface area (Å²) in [7, 11) is 0. The number of aromatic nitrogens is 3. The van der Waals surface area contributed by atoms with E-state index in [0.29, 0.717) is 30.6 Å². The van der Waals surface area contributed by atoms with Gasteiger partial charge in [0.15, 0.2) is 0 Å². The largest absolute Gasteiger partial charge is 0.464 e. The summed E-state index contributed by atoms with van der Waals surface area (Å²) in [5.74, 6) is 6.44. The summed E-state index contributed by atoms with van der Waals surface area (Å²) >= 11 is 0. The third-order valence-corrected chi connectivity index (χ3v) is 3.51. The monoisotopic (exact) mass is 280 g/mol. The Morgan fingerprint density at radius 1 is 1.30 bits per heavy atom. The van der Waals surface area contributed by atoms with E-state index in [2.05, 4.69) is 32.2 Å². The van der Waals surface area contributed by atoms with Gasteiger partial charge in [0, 0.05) is 12.6 Å². The average molecular weight is 280 g/mol. The third kappa shape index (κ3) is 3.47. The van der Waals surface area contributed by atoms with Gasteiger partial charge in [-0.05, 0) is 32.6 Å². The zero-order chi connectivity index (χ0) is 14.4. The quantitative estimate of drug-likeness (QED) is 0.605. The molecule has 0 amide bonds. The molecule has 1 aromatic heterocycles. The molecule has 0 spiro atoms. The van der Waals surface area contributed by atoms with Crippen molar-refractivity contribution in [3.63, 3.8) is 0 Å². The zero-order valence-corrected chi connectivity index (χ0v) is 12.3. The number of nitrogen functional groups attached to an aromatic ring is 1. The molecule has 1 atom stereocenters. The summed E-state index contributed by atoms with van der Waals surface area (Å²) in [4.78, 5) is 15.2. The molecular weight excluding hydrogens is 256 g/mol. The molecule has 1 unspecified atom stereocenters. The van der Waals surface area contributed by atoms with Crippen molar-refractivity contribution in [2.75, 3.05) is 23.5 Å². The highest BCUT2D eigenvalue weighted by Crippen LogP contribution is 2.26. The summed E-state index contributed by atoms with van der Waals surface area (Å²) in [6.45, 7) is 5.61. The first-order valence-electron chi connectivity index (χ1n) is 7.40. The Morgan fingerprint density at radius 2 is 2.15 bits per heavy atom. The Hall–Kier alpha value is -1.63. The van der Waals surface area contributed by atoms with E-state index in [-0.39, 0.29) is 0 Å². The number of hydrogen-bond donors (Lipinski definition) is 2. The maximum absolute atomic E-state index is 5.43. The van der Waals surface area contributed by atoms with Gasteiger partial charge < -0.3 is 9.64 Å². The van der Waals surface area contributed by atoms with Crippen LogP contribution in [0, 0.1) is 0 Å². The van der Waals surface area contributed by atoms with E-state index in [1.807, 2.05) is 6.92 Å². The van der Waals surface area contributed by atoms with Crippen LogP contribution in [0.5, 0.6) is 6.01 Å². The van der Waals surface area contributed by atoms with Crippen LogP contribution in [0.3, 0.4) is 0 Å². The first-order valence-corrected chi connectivity index (χ1v) is 7.40. The molecule has 7 nitrogen and oxygen atoms in total. The van der Waals surface area contributed by atoms with Crippen molar-refractivity contribution in [2.45, 2.75) is 52.0 Å². The molecule has 0 saturated carbocycles. The van der Waals surface area contributed by atoms with Crippen LogP contribution in [0.25, 0.3) is 0 Å². The van der Waals surface area contributed by atoms with E-state index in [1.165, 1.54) is 19.3 Å². The minimum absolute atomic E-state index is 0.325. The maximum atomic E-state index is 5.43. The lowest BCUT2D eigenvalue weighted by Gasteiger charge is -2.35. The van der Waals surface area contributed by atoms with Crippen LogP contribution in [0.4, 0.5) is 11.9 Å². The molecule has 1 fully saturated rings. The summed E-state index contributed by atoms with van der Waals surface area (Å²) in [5.41, 5.74) is 2.48. The van der Waals surface area contributed by atoms with E-state index < -0.39 is 0 Å². The van der Waals surface area contributed by atoms with Crippen molar-refractivity contribution >= 4 is 11.9 Å². The van der Waals surface area contributed by atoms with Gasteiger partial charge in [-0.15, -0.1) is 0 Å². The van der Waals surface area contributed by atoms with E-state index in [1.54, 1.807) is 0 Å². The molecule has 0 aromatic carbocycles. The van der Waals surface area contributed by atoms with Gasteiger partial charge in [-0.25, -0.2) is 5.84 Å². The molecular formula is C13H24N6O. The molecule has 1 saturated heterocycles. The SMILES string of the molecule is CCCC1CCCCN1c1nc(NN)nc(OCC)n1. The fraction of sp³-hybridized carbons (Fsp3) is 0.769. The topological polar surface area (TPSA) is 89.2 Å². The van der Waals surface area contributed by atoms with Gasteiger partial charge in [-0.3, -0.25) is 5.43 Å². The van der Waals surface area contributed by atoms with Crippen molar-refractivity contribution in [2.24, 2.45) is 5.84 Å². The van der Waals surface area contributed by atoms with Crippen molar-refractivity contribution < 1.29 is 4.74 Å². The summed E-state index contributed by atoms with van der Waals surface area (Å²) < 4.78 is 5.39. The van der Waals surface area contributed by atoms with Gasteiger partial charge >= 0.3 is 6.01 Å². The molecule has 0 bridgehead atoms.